The molecule has 3 nitrogen and oxygen atoms in total. The van der Waals surface area contributed by atoms with Gasteiger partial charge in [-0.15, -0.1) is 0 Å². The topological polar surface area (TPSA) is 48.1 Å². The van der Waals surface area contributed by atoms with Crippen LogP contribution in [0.2, 0.25) is 5.02 Å². The van der Waals surface area contributed by atoms with Gasteiger partial charge in [-0.1, -0.05) is 11.6 Å². The summed E-state index contributed by atoms with van der Waals surface area (Å²) in [5.41, 5.74) is 7.47. The third kappa shape index (κ3) is 3.44. The zero-order valence-corrected chi connectivity index (χ0v) is 10.0. The monoisotopic (exact) mass is 248 g/mol. The summed E-state index contributed by atoms with van der Waals surface area (Å²) in [7, 11) is 0. The van der Waals surface area contributed by atoms with Crippen molar-refractivity contribution >= 4 is 11.6 Å². The van der Waals surface area contributed by atoms with Crippen LogP contribution in [-0.4, -0.2) is 4.98 Å². The van der Waals surface area contributed by atoms with Gasteiger partial charge in [-0.25, -0.2) is 0 Å². The predicted octanol–water partition coefficient (Wildman–Crippen LogP) is 2.77. The minimum Gasteiger partial charge on any atom is -0.487 e. The minimum atomic E-state index is 0.426. The lowest BCUT2D eigenvalue weighted by molar-refractivity contribution is 0.301. The Morgan fingerprint density at radius 2 is 1.94 bits per heavy atom. The quantitative estimate of drug-likeness (QED) is 0.905. The van der Waals surface area contributed by atoms with Crippen LogP contribution in [-0.2, 0) is 13.2 Å². The molecule has 0 radical (unpaired) electrons. The molecule has 0 amide bonds. The highest BCUT2D eigenvalue weighted by atomic mass is 35.5. The number of aromatic nitrogens is 1. The van der Waals surface area contributed by atoms with Gasteiger partial charge in [0.2, 0.25) is 0 Å². The van der Waals surface area contributed by atoms with Crippen molar-refractivity contribution < 1.29 is 4.74 Å². The molecule has 1 aromatic carbocycles. The van der Waals surface area contributed by atoms with E-state index in [1.165, 1.54) is 0 Å². The molecule has 0 aliphatic heterocycles. The maximum Gasteiger partial charge on any atom is 0.130 e. The van der Waals surface area contributed by atoms with Crippen LogP contribution in [0.25, 0.3) is 0 Å². The van der Waals surface area contributed by atoms with E-state index in [1.807, 2.05) is 24.3 Å². The summed E-state index contributed by atoms with van der Waals surface area (Å²) in [5, 5.41) is 0.695. The van der Waals surface area contributed by atoms with E-state index in [4.69, 9.17) is 22.1 Å². The molecule has 0 saturated heterocycles. The SMILES string of the molecule is NCc1ccnc(COc2ccc(Cl)cc2)c1. The minimum absolute atomic E-state index is 0.426. The predicted molar refractivity (Wildman–Crippen MR) is 67.9 cm³/mol. The van der Waals surface area contributed by atoms with Crippen molar-refractivity contribution in [2.75, 3.05) is 0 Å². The first-order valence-electron chi connectivity index (χ1n) is 5.30. The highest BCUT2D eigenvalue weighted by Crippen LogP contribution is 2.16. The number of nitrogens with zero attached hydrogens (tertiary/aromatic N) is 1. The van der Waals surface area contributed by atoms with E-state index in [2.05, 4.69) is 4.98 Å². The normalized spacial score (nSPS) is 10.2. The molecule has 2 aromatic rings. The highest BCUT2D eigenvalue weighted by molar-refractivity contribution is 6.30. The second-order valence-electron chi connectivity index (χ2n) is 3.60. The van der Waals surface area contributed by atoms with Crippen molar-refractivity contribution in [3.63, 3.8) is 0 Å². The molecular weight excluding hydrogens is 236 g/mol. The molecule has 0 aliphatic carbocycles. The van der Waals surface area contributed by atoms with E-state index in [1.54, 1.807) is 18.3 Å². The first-order chi connectivity index (χ1) is 8.28. The smallest absolute Gasteiger partial charge is 0.130 e. The van der Waals surface area contributed by atoms with E-state index in [-0.39, 0.29) is 0 Å². The van der Waals surface area contributed by atoms with Crippen LogP contribution in [0.1, 0.15) is 11.3 Å². The number of rotatable bonds is 4. The van der Waals surface area contributed by atoms with Gasteiger partial charge in [-0.3, -0.25) is 4.98 Å². The van der Waals surface area contributed by atoms with E-state index in [0.717, 1.165) is 17.0 Å². The van der Waals surface area contributed by atoms with Crippen molar-refractivity contribution in [3.05, 3.63) is 58.9 Å². The van der Waals surface area contributed by atoms with Gasteiger partial charge in [0, 0.05) is 17.8 Å². The van der Waals surface area contributed by atoms with Gasteiger partial charge in [0.1, 0.15) is 12.4 Å². The molecule has 0 aliphatic rings. The summed E-state index contributed by atoms with van der Waals surface area (Å²) >= 11 is 5.79. The summed E-state index contributed by atoms with van der Waals surface area (Å²) in [4.78, 5) is 4.21. The maximum absolute atomic E-state index is 5.79. The van der Waals surface area contributed by atoms with Crippen molar-refractivity contribution in [3.8, 4) is 5.75 Å². The molecule has 0 atom stereocenters. The van der Waals surface area contributed by atoms with Crippen molar-refractivity contribution in [1.82, 2.24) is 4.98 Å². The Morgan fingerprint density at radius 1 is 1.18 bits per heavy atom. The van der Waals surface area contributed by atoms with Crippen molar-refractivity contribution in [1.29, 1.82) is 0 Å². The zero-order valence-electron chi connectivity index (χ0n) is 9.27. The third-order valence-corrected chi connectivity index (χ3v) is 2.57. The third-order valence-electron chi connectivity index (χ3n) is 2.32. The van der Waals surface area contributed by atoms with Gasteiger partial charge >= 0.3 is 0 Å². The first kappa shape index (κ1) is 11.9. The second kappa shape index (κ2) is 5.66. The number of nitrogens with two attached hydrogens (primary N) is 1. The number of hydrogen-bond acceptors (Lipinski definition) is 3. The zero-order chi connectivity index (χ0) is 12.1. The average molecular weight is 249 g/mol. The lowest BCUT2D eigenvalue weighted by atomic mass is 10.2. The molecule has 0 unspecified atom stereocenters. The second-order valence-corrected chi connectivity index (χ2v) is 4.04. The molecule has 17 heavy (non-hydrogen) atoms. The standard InChI is InChI=1S/C13H13ClN2O/c14-11-1-3-13(4-2-11)17-9-12-7-10(8-15)5-6-16-12/h1-7H,8-9,15H2. The molecule has 2 rings (SSSR count). The number of pyridine rings is 1. The van der Waals surface area contributed by atoms with Crippen LogP contribution in [0.4, 0.5) is 0 Å². The molecule has 0 bridgehead atoms. The number of benzene rings is 1. The molecule has 1 heterocycles. The average Bonchev–Trinajstić information content (AvgIpc) is 2.38. The Kier molecular flexibility index (Phi) is 3.96. The Morgan fingerprint density at radius 3 is 2.65 bits per heavy atom. The van der Waals surface area contributed by atoms with Crippen LogP contribution >= 0.6 is 11.6 Å². The van der Waals surface area contributed by atoms with E-state index < -0.39 is 0 Å². The van der Waals surface area contributed by atoms with Gasteiger partial charge in [-0.2, -0.15) is 0 Å². The number of hydrogen-bond donors (Lipinski definition) is 1. The van der Waals surface area contributed by atoms with Crippen molar-refractivity contribution in [2.45, 2.75) is 13.2 Å². The number of halogens is 1. The van der Waals surface area contributed by atoms with Gasteiger partial charge < -0.3 is 10.5 Å². The lowest BCUT2D eigenvalue weighted by Gasteiger charge is -2.06. The fourth-order valence-corrected chi connectivity index (χ4v) is 1.55. The fourth-order valence-electron chi connectivity index (χ4n) is 1.42. The summed E-state index contributed by atoms with van der Waals surface area (Å²) in [5.74, 6) is 0.773. The Labute approximate surface area is 105 Å². The molecule has 4 heteroatoms. The first-order valence-corrected chi connectivity index (χ1v) is 5.68. The Bertz CT molecular complexity index is 485. The summed E-state index contributed by atoms with van der Waals surface area (Å²) in [6.07, 6.45) is 1.74. The van der Waals surface area contributed by atoms with E-state index in [9.17, 15) is 0 Å². The van der Waals surface area contributed by atoms with Crippen LogP contribution < -0.4 is 10.5 Å². The maximum atomic E-state index is 5.79. The fraction of sp³-hybridized carbons (Fsp3) is 0.154. The van der Waals surface area contributed by atoms with Crippen LogP contribution in [0.15, 0.2) is 42.6 Å². The lowest BCUT2D eigenvalue weighted by Crippen LogP contribution is -2.02. The van der Waals surface area contributed by atoms with Gasteiger partial charge in [-0.05, 0) is 42.0 Å². The molecule has 2 N–H and O–H groups in total. The van der Waals surface area contributed by atoms with Crippen LogP contribution in [0.3, 0.4) is 0 Å². The molecular formula is C13H13ClN2O. The van der Waals surface area contributed by atoms with E-state index >= 15 is 0 Å². The van der Waals surface area contributed by atoms with Crippen LogP contribution in [0.5, 0.6) is 5.75 Å². The van der Waals surface area contributed by atoms with Crippen LogP contribution in [0, 0.1) is 0 Å². The summed E-state index contributed by atoms with van der Waals surface area (Å²) in [6, 6.07) is 11.1. The molecule has 0 fully saturated rings. The Hall–Kier alpha value is -1.58. The highest BCUT2D eigenvalue weighted by Gasteiger charge is 1.98. The van der Waals surface area contributed by atoms with Gasteiger partial charge in [0.15, 0.2) is 0 Å². The van der Waals surface area contributed by atoms with E-state index in [0.29, 0.717) is 18.2 Å². The molecule has 0 spiro atoms. The number of ether oxygens (including phenoxy) is 1. The summed E-state index contributed by atoms with van der Waals surface area (Å²) < 4.78 is 5.58. The van der Waals surface area contributed by atoms with Gasteiger partial charge in [0.05, 0.1) is 5.69 Å². The molecule has 0 saturated carbocycles. The largest absolute Gasteiger partial charge is 0.487 e. The van der Waals surface area contributed by atoms with Crippen molar-refractivity contribution in [2.24, 2.45) is 5.73 Å². The molecule has 1 aromatic heterocycles. The Balaban J connectivity index is 1.99. The summed E-state index contributed by atoms with van der Waals surface area (Å²) in [6.45, 7) is 0.936. The van der Waals surface area contributed by atoms with Gasteiger partial charge in [0.25, 0.3) is 0 Å². The molecule has 88 valence electrons.